The highest BCUT2D eigenvalue weighted by Gasteiger charge is 2.35. The lowest BCUT2D eigenvalue weighted by atomic mass is 10.2. The van der Waals surface area contributed by atoms with Crippen LogP contribution in [-0.4, -0.2) is 48.7 Å². The average Bonchev–Trinajstić information content (AvgIpc) is 3.21. The number of carbonyl (C=O) groups is 2. The molecule has 0 radical (unpaired) electrons. The number of nitrogens with one attached hydrogen (secondary N) is 2. The zero-order chi connectivity index (χ0) is 20.9. The number of rotatable bonds is 6. The van der Waals surface area contributed by atoms with Crippen molar-refractivity contribution in [1.82, 2.24) is 19.9 Å². The Morgan fingerprint density at radius 3 is 2.55 bits per heavy atom. The van der Waals surface area contributed by atoms with Crippen molar-refractivity contribution in [3.8, 4) is 0 Å². The third kappa shape index (κ3) is 5.18. The van der Waals surface area contributed by atoms with Crippen molar-refractivity contribution < 1.29 is 18.0 Å². The molecule has 1 aliphatic heterocycles. The summed E-state index contributed by atoms with van der Waals surface area (Å²) in [6.45, 7) is 2.57. The number of hydrogen-bond acceptors (Lipinski definition) is 5. The maximum atomic E-state index is 12.9. The van der Waals surface area contributed by atoms with E-state index in [-0.39, 0.29) is 24.0 Å². The van der Waals surface area contributed by atoms with Gasteiger partial charge in [0.25, 0.3) is 0 Å². The van der Waals surface area contributed by atoms with Gasteiger partial charge in [-0.1, -0.05) is 23.8 Å². The number of pyridine rings is 1. The molecule has 2 amide bonds. The third-order valence-electron chi connectivity index (χ3n) is 4.83. The van der Waals surface area contributed by atoms with Crippen LogP contribution in [0.15, 0.2) is 53.7 Å². The van der Waals surface area contributed by atoms with Gasteiger partial charge in [0.2, 0.25) is 10.0 Å². The molecule has 8 nitrogen and oxygen atoms in total. The number of aromatic nitrogens is 1. The van der Waals surface area contributed by atoms with Crippen molar-refractivity contribution in [3.63, 3.8) is 0 Å². The van der Waals surface area contributed by atoms with E-state index in [4.69, 9.17) is 0 Å². The summed E-state index contributed by atoms with van der Waals surface area (Å²) in [7, 11) is -3.64. The van der Waals surface area contributed by atoms with Gasteiger partial charge in [-0.25, -0.2) is 8.42 Å². The summed E-state index contributed by atoms with van der Waals surface area (Å²) in [5.74, 6) is -1.55. The second-order valence-corrected chi connectivity index (χ2v) is 8.87. The number of nitrogens with zero attached hydrogens (tertiary/aromatic N) is 2. The second kappa shape index (κ2) is 9.15. The molecule has 29 heavy (non-hydrogen) atoms. The fourth-order valence-corrected chi connectivity index (χ4v) is 4.92. The van der Waals surface area contributed by atoms with Crippen LogP contribution in [-0.2, 0) is 26.2 Å². The molecule has 2 aromatic rings. The first kappa shape index (κ1) is 20.9. The van der Waals surface area contributed by atoms with Gasteiger partial charge < -0.3 is 10.6 Å². The molecular formula is C20H24N4O4S. The zero-order valence-electron chi connectivity index (χ0n) is 16.2. The topological polar surface area (TPSA) is 108 Å². The van der Waals surface area contributed by atoms with Crippen LogP contribution in [0.2, 0.25) is 0 Å². The molecule has 1 aromatic heterocycles. The van der Waals surface area contributed by atoms with E-state index in [1.807, 2.05) is 6.92 Å². The first-order chi connectivity index (χ1) is 13.9. The Bertz CT molecular complexity index is 962. The van der Waals surface area contributed by atoms with Crippen molar-refractivity contribution in [2.24, 2.45) is 0 Å². The summed E-state index contributed by atoms with van der Waals surface area (Å²) in [4.78, 5) is 28.2. The maximum Gasteiger partial charge on any atom is 0.309 e. The van der Waals surface area contributed by atoms with Crippen LogP contribution >= 0.6 is 0 Å². The van der Waals surface area contributed by atoms with Crippen LogP contribution in [0.3, 0.4) is 0 Å². The normalized spacial score (nSPS) is 17.1. The van der Waals surface area contributed by atoms with E-state index in [2.05, 4.69) is 15.6 Å². The standard InChI is InChI=1S/C20H24N4O4S/c1-15-6-8-18(9-7-15)29(27,28)24-11-3-5-17(24)14-23-20(26)19(25)22-13-16-4-2-10-21-12-16/h2,4,6-10,12,17H,3,5,11,13-14H2,1H3,(H,22,25)(H,23,26)/t17-/m0/s1. The van der Waals surface area contributed by atoms with Crippen LogP contribution in [0.1, 0.15) is 24.0 Å². The lowest BCUT2D eigenvalue weighted by Crippen LogP contribution is -2.46. The van der Waals surface area contributed by atoms with Gasteiger partial charge in [0.15, 0.2) is 0 Å². The van der Waals surface area contributed by atoms with Crippen molar-refractivity contribution in [3.05, 3.63) is 59.9 Å². The molecule has 1 saturated heterocycles. The lowest BCUT2D eigenvalue weighted by molar-refractivity contribution is -0.139. The number of carbonyl (C=O) groups excluding carboxylic acids is 2. The molecule has 9 heteroatoms. The van der Waals surface area contributed by atoms with Gasteiger partial charge in [-0.3, -0.25) is 14.6 Å². The molecule has 2 N–H and O–H groups in total. The van der Waals surface area contributed by atoms with E-state index >= 15 is 0 Å². The van der Waals surface area contributed by atoms with Crippen LogP contribution < -0.4 is 10.6 Å². The van der Waals surface area contributed by atoms with Gasteiger partial charge in [0.05, 0.1) is 4.90 Å². The molecule has 0 saturated carbocycles. The van der Waals surface area contributed by atoms with E-state index in [0.717, 1.165) is 11.1 Å². The highest BCUT2D eigenvalue weighted by molar-refractivity contribution is 7.89. The molecule has 0 aliphatic carbocycles. The summed E-state index contributed by atoms with van der Waals surface area (Å²) in [5, 5.41) is 5.07. The van der Waals surface area contributed by atoms with Crippen LogP contribution in [0.25, 0.3) is 0 Å². The van der Waals surface area contributed by atoms with Gasteiger partial charge >= 0.3 is 11.8 Å². The predicted molar refractivity (Wildman–Crippen MR) is 107 cm³/mol. The van der Waals surface area contributed by atoms with Crippen molar-refractivity contribution >= 4 is 21.8 Å². The molecule has 1 atom stereocenters. The Hall–Kier alpha value is -2.78. The number of aryl methyl sites for hydroxylation is 1. The molecule has 1 aliphatic rings. The zero-order valence-corrected chi connectivity index (χ0v) is 17.0. The summed E-state index contributed by atoms with van der Waals surface area (Å²) < 4.78 is 27.3. The van der Waals surface area contributed by atoms with E-state index < -0.39 is 21.8 Å². The smallest absolute Gasteiger partial charge is 0.309 e. The minimum Gasteiger partial charge on any atom is -0.346 e. The molecule has 2 heterocycles. The lowest BCUT2D eigenvalue weighted by Gasteiger charge is -2.24. The minimum atomic E-state index is -3.64. The van der Waals surface area contributed by atoms with E-state index in [9.17, 15) is 18.0 Å². The second-order valence-electron chi connectivity index (χ2n) is 6.98. The van der Waals surface area contributed by atoms with Crippen LogP contribution in [0.4, 0.5) is 0 Å². The molecule has 0 spiro atoms. The highest BCUT2D eigenvalue weighted by Crippen LogP contribution is 2.25. The SMILES string of the molecule is Cc1ccc(S(=O)(=O)N2CCC[C@H]2CNC(=O)C(=O)NCc2cccnc2)cc1. The van der Waals surface area contributed by atoms with E-state index in [1.54, 1.807) is 48.8 Å². The molecule has 154 valence electrons. The van der Waals surface area contributed by atoms with Gasteiger partial charge in [0, 0.05) is 38.1 Å². The molecule has 3 rings (SSSR count). The molecular weight excluding hydrogens is 392 g/mol. The highest BCUT2D eigenvalue weighted by atomic mass is 32.2. The molecule has 1 aromatic carbocycles. The largest absolute Gasteiger partial charge is 0.346 e. The Morgan fingerprint density at radius 1 is 1.14 bits per heavy atom. The number of benzene rings is 1. The fourth-order valence-electron chi connectivity index (χ4n) is 3.23. The van der Waals surface area contributed by atoms with Gasteiger partial charge in [-0.2, -0.15) is 4.31 Å². The number of amides is 2. The Labute approximate surface area is 170 Å². The third-order valence-corrected chi connectivity index (χ3v) is 6.80. The number of sulfonamides is 1. The minimum absolute atomic E-state index is 0.0875. The summed E-state index contributed by atoms with van der Waals surface area (Å²) >= 11 is 0. The van der Waals surface area contributed by atoms with Crippen LogP contribution in [0.5, 0.6) is 0 Å². The van der Waals surface area contributed by atoms with E-state index in [0.29, 0.717) is 19.4 Å². The van der Waals surface area contributed by atoms with Gasteiger partial charge in [-0.15, -0.1) is 0 Å². The van der Waals surface area contributed by atoms with Gasteiger partial charge in [0.1, 0.15) is 0 Å². The van der Waals surface area contributed by atoms with Crippen molar-refractivity contribution in [1.29, 1.82) is 0 Å². The number of hydrogen-bond donors (Lipinski definition) is 2. The van der Waals surface area contributed by atoms with Crippen molar-refractivity contribution in [2.75, 3.05) is 13.1 Å². The Kier molecular flexibility index (Phi) is 6.60. The monoisotopic (exact) mass is 416 g/mol. The Balaban J connectivity index is 1.55. The maximum absolute atomic E-state index is 12.9. The van der Waals surface area contributed by atoms with Gasteiger partial charge in [-0.05, 0) is 43.5 Å². The Morgan fingerprint density at radius 2 is 1.86 bits per heavy atom. The summed E-state index contributed by atoms with van der Waals surface area (Å²) in [6.07, 6.45) is 4.56. The first-order valence-corrected chi connectivity index (χ1v) is 10.9. The molecule has 0 bridgehead atoms. The average molecular weight is 417 g/mol. The van der Waals surface area contributed by atoms with Crippen LogP contribution in [0, 0.1) is 6.92 Å². The van der Waals surface area contributed by atoms with E-state index in [1.165, 1.54) is 4.31 Å². The predicted octanol–water partition coefficient (Wildman–Crippen LogP) is 0.976. The quantitative estimate of drug-likeness (QED) is 0.683. The fraction of sp³-hybridized carbons (Fsp3) is 0.350. The molecule has 0 unspecified atom stereocenters. The first-order valence-electron chi connectivity index (χ1n) is 9.41. The van der Waals surface area contributed by atoms with Crippen molar-refractivity contribution in [2.45, 2.75) is 37.2 Å². The summed E-state index contributed by atoms with van der Waals surface area (Å²) in [6, 6.07) is 9.84. The molecule has 1 fully saturated rings. The summed E-state index contributed by atoms with van der Waals surface area (Å²) in [5.41, 5.74) is 1.76.